The molecule has 0 unspecified atom stereocenters. The summed E-state index contributed by atoms with van der Waals surface area (Å²) in [6, 6.07) is 0. The maximum Gasteiger partial charge on any atom is 0.183 e. The summed E-state index contributed by atoms with van der Waals surface area (Å²) in [5, 5.41) is 12.9. The summed E-state index contributed by atoms with van der Waals surface area (Å²) in [4.78, 5) is 0. The third kappa shape index (κ3) is 1.78. The lowest BCUT2D eigenvalue weighted by Gasteiger charge is -1.89. The number of hydrogen-bond acceptors (Lipinski definition) is 4. The molecule has 2 aromatic rings. The summed E-state index contributed by atoms with van der Waals surface area (Å²) in [5.41, 5.74) is 1.02. The van der Waals surface area contributed by atoms with Gasteiger partial charge in [0.2, 0.25) is 0 Å². The van der Waals surface area contributed by atoms with Crippen LogP contribution in [-0.2, 0) is 6.54 Å². The lowest BCUT2D eigenvalue weighted by atomic mass is 10.4. The van der Waals surface area contributed by atoms with Crippen molar-refractivity contribution in [3.63, 3.8) is 0 Å². The standard InChI is InChI=1S/C7H7BrN4S/c1-2-12-4-5(3-9-12)6-10-11-7(8)13-6/h3-4H,2H2,1H3. The molecule has 0 aliphatic rings. The molecule has 2 aromatic heterocycles. The van der Waals surface area contributed by atoms with Crippen LogP contribution in [-0.4, -0.2) is 20.0 Å². The van der Waals surface area contributed by atoms with Gasteiger partial charge in [-0.1, -0.05) is 11.3 Å². The molecule has 0 aliphatic carbocycles. The van der Waals surface area contributed by atoms with Crippen LogP contribution in [0.3, 0.4) is 0 Å². The molecule has 0 saturated carbocycles. The van der Waals surface area contributed by atoms with E-state index in [0.29, 0.717) is 0 Å². The van der Waals surface area contributed by atoms with E-state index in [-0.39, 0.29) is 0 Å². The van der Waals surface area contributed by atoms with Crippen LogP contribution in [0.25, 0.3) is 10.6 Å². The normalized spacial score (nSPS) is 10.6. The van der Waals surface area contributed by atoms with Crippen molar-refractivity contribution in [3.8, 4) is 10.6 Å². The Bertz CT molecular complexity index is 408. The fourth-order valence-corrected chi connectivity index (χ4v) is 2.05. The van der Waals surface area contributed by atoms with Gasteiger partial charge in [-0.25, -0.2) is 0 Å². The quantitative estimate of drug-likeness (QED) is 0.830. The molecule has 4 nitrogen and oxygen atoms in total. The highest BCUT2D eigenvalue weighted by molar-refractivity contribution is 9.11. The minimum Gasteiger partial charge on any atom is -0.272 e. The fourth-order valence-electron chi connectivity index (χ4n) is 0.969. The van der Waals surface area contributed by atoms with Gasteiger partial charge in [0.05, 0.1) is 11.8 Å². The van der Waals surface area contributed by atoms with E-state index in [1.54, 1.807) is 6.20 Å². The lowest BCUT2D eigenvalue weighted by Crippen LogP contribution is -1.91. The van der Waals surface area contributed by atoms with E-state index >= 15 is 0 Å². The predicted octanol–water partition coefficient (Wildman–Crippen LogP) is 2.18. The molecule has 0 fully saturated rings. The largest absolute Gasteiger partial charge is 0.272 e. The Labute approximate surface area is 87.7 Å². The predicted molar refractivity (Wildman–Crippen MR) is 54.5 cm³/mol. The number of aryl methyl sites for hydroxylation is 1. The minimum absolute atomic E-state index is 0.798. The van der Waals surface area contributed by atoms with Crippen molar-refractivity contribution in [3.05, 3.63) is 16.3 Å². The van der Waals surface area contributed by atoms with E-state index < -0.39 is 0 Å². The summed E-state index contributed by atoms with van der Waals surface area (Å²) >= 11 is 4.78. The molecule has 13 heavy (non-hydrogen) atoms. The van der Waals surface area contributed by atoms with E-state index in [0.717, 1.165) is 21.0 Å². The molecular weight excluding hydrogens is 252 g/mol. The van der Waals surface area contributed by atoms with Gasteiger partial charge in [-0.05, 0) is 22.9 Å². The summed E-state index contributed by atoms with van der Waals surface area (Å²) in [6.45, 7) is 2.92. The van der Waals surface area contributed by atoms with Crippen LogP contribution in [0.4, 0.5) is 0 Å². The van der Waals surface area contributed by atoms with Gasteiger partial charge in [-0.2, -0.15) is 5.10 Å². The first-order valence-electron chi connectivity index (χ1n) is 3.81. The number of halogens is 1. The molecule has 0 bridgehead atoms. The lowest BCUT2D eigenvalue weighted by molar-refractivity contribution is 0.660. The third-order valence-electron chi connectivity index (χ3n) is 1.60. The molecule has 2 heterocycles. The van der Waals surface area contributed by atoms with Crippen LogP contribution in [0.1, 0.15) is 6.92 Å². The highest BCUT2D eigenvalue weighted by atomic mass is 79.9. The molecule has 68 valence electrons. The number of aromatic nitrogens is 4. The second-order valence-corrected chi connectivity index (χ2v) is 4.70. The SMILES string of the molecule is CCn1cc(-c2nnc(Br)s2)cn1. The summed E-state index contributed by atoms with van der Waals surface area (Å²) in [6.07, 6.45) is 3.77. The Morgan fingerprint density at radius 1 is 1.54 bits per heavy atom. The first-order chi connectivity index (χ1) is 6.29. The highest BCUT2D eigenvalue weighted by Gasteiger charge is 2.06. The van der Waals surface area contributed by atoms with Crippen molar-refractivity contribution >= 4 is 27.3 Å². The van der Waals surface area contributed by atoms with Crippen LogP contribution in [0, 0.1) is 0 Å². The Balaban J connectivity index is 2.35. The topological polar surface area (TPSA) is 43.6 Å². The monoisotopic (exact) mass is 258 g/mol. The molecule has 0 radical (unpaired) electrons. The molecule has 0 spiro atoms. The van der Waals surface area contributed by atoms with Crippen LogP contribution in [0.5, 0.6) is 0 Å². The van der Waals surface area contributed by atoms with Crippen LogP contribution in [0.2, 0.25) is 0 Å². The van der Waals surface area contributed by atoms with E-state index in [9.17, 15) is 0 Å². The Kier molecular flexibility index (Phi) is 2.41. The molecule has 0 N–H and O–H groups in total. The zero-order valence-electron chi connectivity index (χ0n) is 6.94. The first-order valence-corrected chi connectivity index (χ1v) is 5.42. The van der Waals surface area contributed by atoms with Crippen LogP contribution < -0.4 is 0 Å². The smallest absolute Gasteiger partial charge is 0.183 e. The second kappa shape index (κ2) is 3.55. The Morgan fingerprint density at radius 2 is 2.38 bits per heavy atom. The zero-order valence-corrected chi connectivity index (χ0v) is 9.34. The summed E-state index contributed by atoms with van der Waals surface area (Å²) in [7, 11) is 0. The van der Waals surface area contributed by atoms with Gasteiger partial charge in [0.1, 0.15) is 0 Å². The fraction of sp³-hybridized carbons (Fsp3) is 0.286. The van der Waals surface area contributed by atoms with Crippen LogP contribution >= 0.6 is 27.3 Å². The molecule has 0 saturated heterocycles. The van der Waals surface area contributed by atoms with Crippen molar-refractivity contribution < 1.29 is 0 Å². The molecule has 2 rings (SSSR count). The van der Waals surface area contributed by atoms with Gasteiger partial charge in [-0.15, -0.1) is 10.2 Å². The van der Waals surface area contributed by atoms with Gasteiger partial charge >= 0.3 is 0 Å². The number of rotatable bonds is 2. The van der Waals surface area contributed by atoms with Gasteiger partial charge in [-0.3, -0.25) is 4.68 Å². The van der Waals surface area contributed by atoms with E-state index in [4.69, 9.17) is 0 Å². The van der Waals surface area contributed by atoms with Gasteiger partial charge in [0, 0.05) is 12.7 Å². The molecular formula is C7H7BrN4S. The molecule has 0 amide bonds. The average Bonchev–Trinajstić information content (AvgIpc) is 2.71. The van der Waals surface area contributed by atoms with E-state index in [2.05, 4.69) is 31.2 Å². The molecule has 0 aliphatic heterocycles. The van der Waals surface area contributed by atoms with E-state index in [1.165, 1.54) is 11.3 Å². The van der Waals surface area contributed by atoms with E-state index in [1.807, 2.05) is 17.8 Å². The summed E-state index contributed by atoms with van der Waals surface area (Å²) in [5.74, 6) is 0. The Hall–Kier alpha value is -0.750. The minimum atomic E-state index is 0.798. The van der Waals surface area contributed by atoms with Gasteiger partial charge < -0.3 is 0 Å². The third-order valence-corrected chi connectivity index (χ3v) is 3.01. The van der Waals surface area contributed by atoms with Crippen molar-refractivity contribution in [2.75, 3.05) is 0 Å². The molecule has 0 aromatic carbocycles. The number of hydrogen-bond donors (Lipinski definition) is 0. The summed E-state index contributed by atoms with van der Waals surface area (Å²) < 4.78 is 2.66. The zero-order chi connectivity index (χ0) is 9.26. The molecule has 0 atom stereocenters. The van der Waals surface area contributed by atoms with Gasteiger partial charge in [0.25, 0.3) is 0 Å². The Morgan fingerprint density at radius 3 is 2.92 bits per heavy atom. The average molecular weight is 259 g/mol. The second-order valence-electron chi connectivity index (χ2n) is 2.44. The maximum absolute atomic E-state index is 4.16. The van der Waals surface area contributed by atoms with Crippen molar-refractivity contribution in [1.82, 2.24) is 20.0 Å². The maximum atomic E-state index is 4.16. The van der Waals surface area contributed by atoms with Crippen molar-refractivity contribution in [2.24, 2.45) is 0 Å². The van der Waals surface area contributed by atoms with Gasteiger partial charge in [0.15, 0.2) is 8.92 Å². The number of nitrogens with zero attached hydrogens (tertiary/aromatic N) is 4. The molecule has 6 heteroatoms. The van der Waals surface area contributed by atoms with Crippen LogP contribution in [0.15, 0.2) is 16.3 Å². The van der Waals surface area contributed by atoms with Crippen molar-refractivity contribution in [1.29, 1.82) is 0 Å². The first kappa shape index (κ1) is 8.83. The van der Waals surface area contributed by atoms with Crippen molar-refractivity contribution in [2.45, 2.75) is 13.5 Å². The highest BCUT2D eigenvalue weighted by Crippen LogP contribution is 2.25.